The van der Waals surface area contributed by atoms with Crippen LogP contribution in [0.1, 0.15) is 29.7 Å². The Bertz CT molecular complexity index is 1090. The Balaban J connectivity index is 1.47. The molecule has 1 aliphatic rings. The molecule has 0 bridgehead atoms. The molecule has 156 valence electrons. The maximum Gasteiger partial charge on any atom is 0.253 e. The molecular weight excluding hydrogens is 418 g/mol. The number of sulfonamides is 1. The van der Waals surface area contributed by atoms with Gasteiger partial charge in [-0.05, 0) is 54.1 Å². The summed E-state index contributed by atoms with van der Waals surface area (Å²) >= 11 is 1.24. The number of hydrogen-bond donors (Lipinski definition) is 0. The molecule has 3 aromatic rings. The maximum atomic E-state index is 13.3. The summed E-state index contributed by atoms with van der Waals surface area (Å²) in [6.45, 7) is 2.60. The second-order valence-corrected chi connectivity index (χ2v) is 10.4. The zero-order valence-corrected chi connectivity index (χ0v) is 18.1. The molecule has 0 spiro atoms. The lowest BCUT2D eigenvalue weighted by molar-refractivity contribution is 0.147. The molecule has 0 N–H and O–H groups in total. The minimum Gasteiger partial charge on any atom is -0.468 e. The van der Waals surface area contributed by atoms with E-state index < -0.39 is 10.0 Å². The number of thiophene rings is 1. The molecule has 1 aromatic carbocycles. The molecule has 3 heterocycles. The van der Waals surface area contributed by atoms with Crippen LogP contribution in [0.4, 0.5) is 0 Å². The molecule has 0 amide bonds. The SMILES string of the molecule is N#Cc1cccc(CN2CCC(N(Cc3ccco3)S(=O)(=O)c3cccs3)CC2)c1. The van der Waals surface area contributed by atoms with Crippen LogP contribution in [0.5, 0.6) is 0 Å². The number of likely N-dealkylation sites (tertiary alicyclic amines) is 1. The molecule has 0 atom stereocenters. The number of piperidine rings is 1. The van der Waals surface area contributed by atoms with E-state index in [0.717, 1.165) is 38.0 Å². The highest BCUT2D eigenvalue weighted by atomic mass is 32.2. The number of nitrogens with zero attached hydrogens (tertiary/aromatic N) is 3. The molecule has 4 rings (SSSR count). The average molecular weight is 442 g/mol. The van der Waals surface area contributed by atoms with E-state index in [9.17, 15) is 8.42 Å². The first-order valence-corrected chi connectivity index (χ1v) is 12.2. The molecule has 1 saturated heterocycles. The van der Waals surface area contributed by atoms with Crippen molar-refractivity contribution >= 4 is 21.4 Å². The summed E-state index contributed by atoms with van der Waals surface area (Å²) in [7, 11) is -3.58. The summed E-state index contributed by atoms with van der Waals surface area (Å²) in [6, 6.07) is 16.8. The van der Waals surface area contributed by atoms with Crippen LogP contribution in [0.3, 0.4) is 0 Å². The largest absolute Gasteiger partial charge is 0.468 e. The number of furan rings is 1. The second kappa shape index (κ2) is 9.14. The van der Waals surface area contributed by atoms with E-state index in [1.807, 2.05) is 24.3 Å². The first-order valence-electron chi connectivity index (χ1n) is 9.85. The van der Waals surface area contributed by atoms with Crippen molar-refractivity contribution in [3.05, 3.63) is 77.1 Å². The van der Waals surface area contributed by atoms with Gasteiger partial charge >= 0.3 is 0 Å². The van der Waals surface area contributed by atoms with Gasteiger partial charge < -0.3 is 4.42 Å². The number of nitriles is 1. The molecule has 0 saturated carbocycles. The third-order valence-electron chi connectivity index (χ3n) is 5.38. The zero-order chi connectivity index (χ0) is 21.0. The molecule has 0 unspecified atom stereocenters. The van der Waals surface area contributed by atoms with Crippen molar-refractivity contribution in [3.63, 3.8) is 0 Å². The van der Waals surface area contributed by atoms with Gasteiger partial charge in [-0.2, -0.15) is 9.57 Å². The van der Waals surface area contributed by atoms with Crippen LogP contribution in [0.15, 0.2) is 68.8 Å². The monoisotopic (exact) mass is 441 g/mol. The standard InChI is InChI=1S/C22H23N3O3S2/c23-15-18-4-1-5-19(14-18)16-24-10-8-20(9-11-24)25(17-21-6-2-12-28-21)30(26,27)22-7-3-13-29-22/h1-7,12-14,20H,8-11,16-17H2. The fourth-order valence-electron chi connectivity index (χ4n) is 3.86. The van der Waals surface area contributed by atoms with E-state index in [2.05, 4.69) is 11.0 Å². The van der Waals surface area contributed by atoms with Crippen molar-refractivity contribution in [3.8, 4) is 6.07 Å². The predicted octanol–water partition coefficient (Wildman–Crippen LogP) is 4.07. The van der Waals surface area contributed by atoms with E-state index >= 15 is 0 Å². The minimum absolute atomic E-state index is 0.0797. The maximum absolute atomic E-state index is 13.3. The van der Waals surface area contributed by atoms with Crippen molar-refractivity contribution in [1.82, 2.24) is 9.21 Å². The highest BCUT2D eigenvalue weighted by Gasteiger charge is 2.35. The molecule has 0 radical (unpaired) electrons. The van der Waals surface area contributed by atoms with Crippen molar-refractivity contribution < 1.29 is 12.8 Å². The highest BCUT2D eigenvalue weighted by Crippen LogP contribution is 2.29. The Morgan fingerprint density at radius 3 is 2.67 bits per heavy atom. The Hall–Kier alpha value is -2.44. The summed E-state index contributed by atoms with van der Waals surface area (Å²) in [5.74, 6) is 0.644. The highest BCUT2D eigenvalue weighted by molar-refractivity contribution is 7.91. The van der Waals surface area contributed by atoms with Gasteiger partial charge in [0.05, 0.1) is 24.4 Å². The van der Waals surface area contributed by atoms with E-state index in [4.69, 9.17) is 9.68 Å². The normalized spacial score (nSPS) is 16.0. The number of benzene rings is 1. The summed E-state index contributed by atoms with van der Waals surface area (Å²) < 4.78 is 34.0. The van der Waals surface area contributed by atoms with Gasteiger partial charge in [-0.1, -0.05) is 18.2 Å². The molecule has 30 heavy (non-hydrogen) atoms. The van der Waals surface area contributed by atoms with Crippen LogP contribution in [0.2, 0.25) is 0 Å². The molecule has 0 aliphatic carbocycles. The molecule has 1 aliphatic heterocycles. The Labute approximate surface area is 181 Å². The van der Waals surface area contributed by atoms with E-state index in [1.54, 1.807) is 40.2 Å². The van der Waals surface area contributed by atoms with Gasteiger partial charge in [0.25, 0.3) is 10.0 Å². The van der Waals surface area contributed by atoms with Crippen molar-refractivity contribution in [1.29, 1.82) is 5.26 Å². The summed E-state index contributed by atoms with van der Waals surface area (Å²) in [6.07, 6.45) is 3.08. The molecular formula is C22H23N3O3S2. The van der Waals surface area contributed by atoms with Crippen molar-refractivity contribution in [2.24, 2.45) is 0 Å². The zero-order valence-electron chi connectivity index (χ0n) is 16.5. The Morgan fingerprint density at radius 2 is 2.00 bits per heavy atom. The van der Waals surface area contributed by atoms with Gasteiger partial charge in [0.1, 0.15) is 9.97 Å². The van der Waals surface area contributed by atoms with E-state index in [0.29, 0.717) is 15.5 Å². The Morgan fingerprint density at radius 1 is 1.17 bits per heavy atom. The first kappa shape index (κ1) is 20.8. The van der Waals surface area contributed by atoms with Gasteiger partial charge in [0.2, 0.25) is 0 Å². The van der Waals surface area contributed by atoms with E-state index in [-0.39, 0.29) is 12.6 Å². The van der Waals surface area contributed by atoms with Crippen LogP contribution < -0.4 is 0 Å². The van der Waals surface area contributed by atoms with Crippen LogP contribution >= 0.6 is 11.3 Å². The third kappa shape index (κ3) is 4.65. The van der Waals surface area contributed by atoms with Crippen LogP contribution in [0, 0.1) is 11.3 Å². The fourth-order valence-corrected chi connectivity index (χ4v) is 6.63. The molecule has 2 aromatic heterocycles. The Kier molecular flexibility index (Phi) is 6.35. The lowest BCUT2D eigenvalue weighted by Crippen LogP contribution is -2.46. The van der Waals surface area contributed by atoms with Crippen molar-refractivity contribution in [2.45, 2.75) is 36.2 Å². The third-order valence-corrected chi connectivity index (χ3v) is 8.65. The van der Waals surface area contributed by atoms with Gasteiger partial charge in [0, 0.05) is 25.7 Å². The summed E-state index contributed by atoms with van der Waals surface area (Å²) in [4.78, 5) is 2.32. The van der Waals surface area contributed by atoms with Gasteiger partial charge in [-0.25, -0.2) is 8.42 Å². The van der Waals surface area contributed by atoms with Gasteiger partial charge in [-0.15, -0.1) is 11.3 Å². The van der Waals surface area contributed by atoms with Gasteiger partial charge in [0.15, 0.2) is 0 Å². The smallest absolute Gasteiger partial charge is 0.253 e. The topological polar surface area (TPSA) is 77.6 Å². The minimum atomic E-state index is -3.58. The van der Waals surface area contributed by atoms with Crippen LogP contribution in [0.25, 0.3) is 0 Å². The van der Waals surface area contributed by atoms with Crippen molar-refractivity contribution in [2.75, 3.05) is 13.1 Å². The second-order valence-electron chi connectivity index (χ2n) is 7.38. The van der Waals surface area contributed by atoms with Crippen LogP contribution in [-0.2, 0) is 23.1 Å². The van der Waals surface area contributed by atoms with Crippen LogP contribution in [-0.4, -0.2) is 36.8 Å². The predicted molar refractivity (Wildman–Crippen MR) is 115 cm³/mol. The van der Waals surface area contributed by atoms with E-state index in [1.165, 1.54) is 11.3 Å². The number of hydrogen-bond acceptors (Lipinski definition) is 6. The lowest BCUT2D eigenvalue weighted by atomic mass is 10.0. The molecule has 6 nitrogen and oxygen atoms in total. The summed E-state index contributed by atoms with van der Waals surface area (Å²) in [5, 5.41) is 10.9. The molecule has 8 heteroatoms. The average Bonchev–Trinajstić information content (AvgIpc) is 3.47. The lowest BCUT2D eigenvalue weighted by Gasteiger charge is -2.37. The number of rotatable bonds is 7. The summed E-state index contributed by atoms with van der Waals surface area (Å²) in [5.41, 5.74) is 1.76. The molecule has 1 fully saturated rings. The quantitative estimate of drug-likeness (QED) is 0.552. The fraction of sp³-hybridized carbons (Fsp3) is 0.318. The van der Waals surface area contributed by atoms with Gasteiger partial charge in [-0.3, -0.25) is 4.90 Å². The first-order chi connectivity index (χ1) is 14.6.